The lowest BCUT2D eigenvalue weighted by Crippen LogP contribution is -2.16. The first kappa shape index (κ1) is 17.7. The molecule has 0 atom stereocenters. The van der Waals surface area contributed by atoms with Crippen molar-refractivity contribution in [2.45, 2.75) is 13.3 Å². The molecule has 7 nitrogen and oxygen atoms in total. The van der Waals surface area contributed by atoms with Crippen molar-refractivity contribution in [2.24, 2.45) is 5.10 Å². The van der Waals surface area contributed by atoms with Crippen LogP contribution in [0.2, 0.25) is 0 Å². The molecular weight excluding hydrogens is 354 g/mol. The summed E-state index contributed by atoms with van der Waals surface area (Å²) in [5.41, 5.74) is 2.92. The Labute approximate surface area is 136 Å². The summed E-state index contributed by atoms with van der Waals surface area (Å²) < 4.78 is 10.7. The number of benzene rings is 1. The van der Waals surface area contributed by atoms with Crippen LogP contribution in [0.4, 0.5) is 0 Å². The van der Waals surface area contributed by atoms with E-state index in [1.165, 1.54) is 6.21 Å². The molecule has 1 rings (SSSR count). The molecule has 0 aliphatic carbocycles. The van der Waals surface area contributed by atoms with Gasteiger partial charge in [-0.1, -0.05) is 0 Å². The third kappa shape index (κ3) is 6.37. The van der Waals surface area contributed by atoms with Gasteiger partial charge in [0.25, 0.3) is 5.91 Å². The second-order valence-electron chi connectivity index (χ2n) is 3.91. The van der Waals surface area contributed by atoms with Gasteiger partial charge in [-0.3, -0.25) is 4.79 Å². The summed E-state index contributed by atoms with van der Waals surface area (Å²) in [4.78, 5) is 22.2. The van der Waals surface area contributed by atoms with Crippen LogP contribution in [-0.4, -0.2) is 31.3 Å². The molecular formula is C14H14BrN3O4. The molecule has 1 aromatic rings. The number of rotatable bonds is 7. The van der Waals surface area contributed by atoms with Gasteiger partial charge in [0.15, 0.2) is 6.61 Å². The Morgan fingerprint density at radius 3 is 2.91 bits per heavy atom. The van der Waals surface area contributed by atoms with E-state index >= 15 is 0 Å². The van der Waals surface area contributed by atoms with Crippen LogP contribution in [0.1, 0.15) is 18.9 Å². The number of hydrogen-bond donors (Lipinski definition) is 1. The number of nitrogens with zero attached hydrogens (tertiary/aromatic N) is 2. The van der Waals surface area contributed by atoms with Crippen molar-refractivity contribution < 1.29 is 19.1 Å². The van der Waals surface area contributed by atoms with Gasteiger partial charge in [-0.15, -0.1) is 0 Å². The van der Waals surface area contributed by atoms with Gasteiger partial charge in [0.1, 0.15) is 12.2 Å². The van der Waals surface area contributed by atoms with E-state index in [0.29, 0.717) is 22.4 Å². The Bertz CT molecular complexity index is 611. The average molecular weight is 368 g/mol. The van der Waals surface area contributed by atoms with Crippen LogP contribution in [0.5, 0.6) is 5.75 Å². The third-order valence-corrected chi connectivity index (χ3v) is 2.87. The number of amides is 1. The van der Waals surface area contributed by atoms with Crippen molar-refractivity contribution in [1.29, 1.82) is 5.26 Å². The summed E-state index contributed by atoms with van der Waals surface area (Å²) in [6, 6.07) is 6.78. The summed E-state index contributed by atoms with van der Waals surface area (Å²) in [7, 11) is 0. The minimum Gasteiger partial charge on any atom is -0.481 e. The minimum atomic E-state index is -0.479. The van der Waals surface area contributed by atoms with Crippen molar-refractivity contribution in [1.82, 2.24) is 5.43 Å². The quantitative estimate of drug-likeness (QED) is 0.449. The molecule has 0 saturated heterocycles. The van der Waals surface area contributed by atoms with Crippen molar-refractivity contribution >= 4 is 34.0 Å². The zero-order valence-corrected chi connectivity index (χ0v) is 13.4. The van der Waals surface area contributed by atoms with Crippen molar-refractivity contribution in [2.75, 3.05) is 13.2 Å². The minimum absolute atomic E-state index is 0.176. The molecule has 1 aromatic carbocycles. The predicted octanol–water partition coefficient (Wildman–Crippen LogP) is 1.75. The number of hydrogen-bond acceptors (Lipinski definition) is 6. The van der Waals surface area contributed by atoms with Crippen molar-refractivity contribution in [3.8, 4) is 11.8 Å². The molecule has 0 aliphatic heterocycles. The average Bonchev–Trinajstić information content (AvgIpc) is 2.47. The lowest BCUT2D eigenvalue weighted by Gasteiger charge is -2.08. The van der Waals surface area contributed by atoms with E-state index in [9.17, 15) is 9.59 Å². The van der Waals surface area contributed by atoms with Crippen LogP contribution in [-0.2, 0) is 14.3 Å². The molecule has 0 spiro atoms. The summed E-state index contributed by atoms with van der Waals surface area (Å²) in [6.45, 7) is 1.84. The monoisotopic (exact) mass is 367 g/mol. The summed E-state index contributed by atoms with van der Waals surface area (Å²) in [5, 5.41) is 12.0. The highest BCUT2D eigenvalue weighted by Crippen LogP contribution is 2.25. The van der Waals surface area contributed by atoms with Gasteiger partial charge in [0.05, 0.1) is 23.4 Å². The maximum Gasteiger partial charge on any atom is 0.344 e. The Balaban J connectivity index is 2.58. The Morgan fingerprint density at radius 1 is 1.50 bits per heavy atom. The van der Waals surface area contributed by atoms with Gasteiger partial charge < -0.3 is 9.47 Å². The van der Waals surface area contributed by atoms with Crippen molar-refractivity contribution in [3.05, 3.63) is 28.2 Å². The molecule has 0 fully saturated rings. The Morgan fingerprint density at radius 2 is 2.27 bits per heavy atom. The van der Waals surface area contributed by atoms with Crippen LogP contribution in [0.25, 0.3) is 0 Å². The van der Waals surface area contributed by atoms with Gasteiger partial charge in [0.2, 0.25) is 0 Å². The Kier molecular flexibility index (Phi) is 7.64. The zero-order valence-electron chi connectivity index (χ0n) is 11.8. The second kappa shape index (κ2) is 9.52. The molecule has 0 aromatic heterocycles. The fraction of sp³-hybridized carbons (Fsp3) is 0.286. The summed E-state index contributed by atoms with van der Waals surface area (Å²) >= 11 is 3.31. The maximum absolute atomic E-state index is 11.2. The highest BCUT2D eigenvalue weighted by molar-refractivity contribution is 9.10. The van der Waals surface area contributed by atoms with Crippen molar-refractivity contribution in [3.63, 3.8) is 0 Å². The number of carbonyl (C=O) groups excluding carboxylic acids is 2. The SMILES string of the molecule is CCOC(=O)COc1ccc(/C=N/NC(=O)CC#N)cc1Br. The van der Waals surface area contributed by atoms with E-state index < -0.39 is 11.9 Å². The Hall–Kier alpha value is -2.40. The van der Waals surface area contributed by atoms with Crippen LogP contribution in [0.3, 0.4) is 0 Å². The highest BCUT2D eigenvalue weighted by Gasteiger charge is 2.06. The van der Waals surface area contributed by atoms with Gasteiger partial charge in [-0.25, -0.2) is 10.2 Å². The van der Waals surface area contributed by atoms with E-state index in [2.05, 4.69) is 26.5 Å². The molecule has 0 heterocycles. The number of halogens is 1. The molecule has 1 N–H and O–H groups in total. The second-order valence-corrected chi connectivity index (χ2v) is 4.77. The van der Waals surface area contributed by atoms with Crippen LogP contribution in [0, 0.1) is 11.3 Å². The summed E-state index contributed by atoms with van der Waals surface area (Å²) in [5.74, 6) is -0.439. The molecule has 1 amide bonds. The smallest absolute Gasteiger partial charge is 0.344 e. The topological polar surface area (TPSA) is 101 Å². The first-order valence-electron chi connectivity index (χ1n) is 6.33. The molecule has 0 aliphatic rings. The van der Waals surface area contributed by atoms with Crippen LogP contribution in [0.15, 0.2) is 27.8 Å². The van der Waals surface area contributed by atoms with E-state index in [1.54, 1.807) is 31.2 Å². The first-order valence-corrected chi connectivity index (χ1v) is 7.13. The lowest BCUT2D eigenvalue weighted by atomic mass is 10.2. The molecule has 116 valence electrons. The van der Waals surface area contributed by atoms with Gasteiger partial charge in [-0.05, 0) is 46.6 Å². The first-order chi connectivity index (χ1) is 10.6. The number of esters is 1. The lowest BCUT2D eigenvalue weighted by molar-refractivity contribution is -0.145. The predicted molar refractivity (Wildman–Crippen MR) is 82.2 cm³/mol. The molecule has 0 unspecified atom stereocenters. The van der Waals surface area contributed by atoms with Gasteiger partial charge >= 0.3 is 5.97 Å². The normalized spacial score (nSPS) is 10.0. The molecule has 0 radical (unpaired) electrons. The van der Waals surface area contributed by atoms with E-state index in [1.807, 2.05) is 0 Å². The molecule has 22 heavy (non-hydrogen) atoms. The highest BCUT2D eigenvalue weighted by atomic mass is 79.9. The number of nitriles is 1. The zero-order chi connectivity index (χ0) is 16.4. The number of carbonyl (C=O) groups is 2. The number of ether oxygens (including phenoxy) is 2. The maximum atomic E-state index is 11.2. The van der Waals surface area contributed by atoms with Gasteiger partial charge in [-0.2, -0.15) is 10.4 Å². The number of nitrogens with one attached hydrogen (secondary N) is 1. The van der Waals surface area contributed by atoms with Crippen LogP contribution >= 0.6 is 15.9 Å². The van der Waals surface area contributed by atoms with E-state index in [4.69, 9.17) is 14.7 Å². The summed E-state index contributed by atoms with van der Waals surface area (Å²) in [6.07, 6.45) is 1.18. The van der Waals surface area contributed by atoms with E-state index in [0.717, 1.165) is 0 Å². The molecule has 0 saturated carbocycles. The third-order valence-electron chi connectivity index (χ3n) is 2.25. The molecule has 8 heteroatoms. The molecule has 0 bridgehead atoms. The van der Waals surface area contributed by atoms with Gasteiger partial charge in [0, 0.05) is 0 Å². The number of hydrazone groups is 1. The largest absolute Gasteiger partial charge is 0.481 e. The van der Waals surface area contributed by atoms with E-state index in [-0.39, 0.29) is 13.0 Å². The fourth-order valence-electron chi connectivity index (χ4n) is 1.34. The standard InChI is InChI=1S/C14H14BrN3O4/c1-2-21-14(20)9-22-12-4-3-10(7-11(12)15)8-17-18-13(19)5-6-16/h3-4,7-8H,2,5,9H2,1H3,(H,18,19)/b17-8+. The van der Waals surface area contributed by atoms with Crippen LogP contribution < -0.4 is 10.2 Å². The fourth-order valence-corrected chi connectivity index (χ4v) is 1.85.